The summed E-state index contributed by atoms with van der Waals surface area (Å²) >= 11 is 0. The number of rotatable bonds is 6. The Kier molecular flexibility index (Phi) is 4.34. The third kappa shape index (κ3) is 4.31. The molecule has 2 N–H and O–H groups in total. The molecule has 0 aliphatic rings. The van der Waals surface area contributed by atoms with E-state index in [1.165, 1.54) is 0 Å². The maximum Gasteiger partial charge on any atom is 0.306 e. The van der Waals surface area contributed by atoms with E-state index in [-0.39, 0.29) is 13.0 Å². The summed E-state index contributed by atoms with van der Waals surface area (Å²) in [6.45, 7) is 0.169. The summed E-state index contributed by atoms with van der Waals surface area (Å²) in [5.74, 6) is 0.545. The topological polar surface area (TPSA) is 71.5 Å². The Morgan fingerprint density at radius 3 is 2.63 bits per heavy atom. The molecule has 0 amide bonds. The van der Waals surface area contributed by atoms with E-state index in [9.17, 15) is 4.79 Å². The van der Waals surface area contributed by atoms with Crippen LogP contribution in [0.5, 0.6) is 5.75 Å². The number of ether oxygens (including phenoxy) is 1. The van der Waals surface area contributed by atoms with Crippen LogP contribution in [0.2, 0.25) is 0 Å². The van der Waals surface area contributed by atoms with E-state index < -0.39 is 5.97 Å². The largest absolute Gasteiger partial charge is 0.493 e. The first-order valence-electron chi connectivity index (χ1n) is 5.87. The standard InChI is InChI=1S/C14H14N2O3/c17-14(18)8-10-19-12-6-4-11(5-7-12)16-13-3-1-2-9-15-13/h1-7,9H,8,10H2,(H,15,16)(H,17,18). The van der Waals surface area contributed by atoms with E-state index in [0.717, 1.165) is 11.5 Å². The van der Waals surface area contributed by atoms with Crippen LogP contribution < -0.4 is 10.1 Å². The molecule has 0 saturated carbocycles. The summed E-state index contributed by atoms with van der Waals surface area (Å²) in [6, 6.07) is 12.9. The third-order valence-corrected chi connectivity index (χ3v) is 2.38. The number of carbonyl (C=O) groups is 1. The van der Waals surface area contributed by atoms with E-state index in [4.69, 9.17) is 9.84 Å². The average Bonchev–Trinajstić information content (AvgIpc) is 2.42. The number of benzene rings is 1. The predicted molar refractivity (Wildman–Crippen MR) is 71.7 cm³/mol. The zero-order valence-electron chi connectivity index (χ0n) is 10.2. The van der Waals surface area contributed by atoms with Crippen LogP contribution in [0.4, 0.5) is 11.5 Å². The predicted octanol–water partition coefficient (Wildman–Crippen LogP) is 2.68. The molecule has 0 aliphatic carbocycles. The van der Waals surface area contributed by atoms with Crippen molar-refractivity contribution in [3.05, 3.63) is 48.7 Å². The van der Waals surface area contributed by atoms with Crippen LogP contribution in [0.1, 0.15) is 6.42 Å². The van der Waals surface area contributed by atoms with Crippen LogP contribution in [0.25, 0.3) is 0 Å². The number of anilines is 2. The SMILES string of the molecule is O=C(O)CCOc1ccc(Nc2ccccn2)cc1. The Balaban J connectivity index is 1.89. The van der Waals surface area contributed by atoms with Gasteiger partial charge in [0.2, 0.25) is 0 Å². The molecule has 0 fully saturated rings. The molecule has 5 nitrogen and oxygen atoms in total. The minimum Gasteiger partial charge on any atom is -0.493 e. The van der Waals surface area contributed by atoms with Gasteiger partial charge in [0.15, 0.2) is 0 Å². The Bertz CT molecular complexity index is 526. The smallest absolute Gasteiger partial charge is 0.306 e. The van der Waals surface area contributed by atoms with Crippen molar-refractivity contribution >= 4 is 17.5 Å². The first kappa shape index (κ1) is 12.9. The maximum absolute atomic E-state index is 10.3. The lowest BCUT2D eigenvalue weighted by molar-refractivity contribution is -0.137. The minimum absolute atomic E-state index is 0.00602. The summed E-state index contributed by atoms with van der Waals surface area (Å²) in [4.78, 5) is 14.5. The van der Waals surface area contributed by atoms with Gasteiger partial charge in [0.25, 0.3) is 0 Å². The van der Waals surface area contributed by atoms with Gasteiger partial charge in [-0.15, -0.1) is 0 Å². The molecule has 2 rings (SSSR count). The summed E-state index contributed by atoms with van der Waals surface area (Å²) < 4.78 is 5.30. The zero-order valence-corrected chi connectivity index (χ0v) is 10.2. The van der Waals surface area contributed by atoms with Gasteiger partial charge < -0.3 is 15.2 Å². The lowest BCUT2D eigenvalue weighted by Crippen LogP contribution is -2.04. The van der Waals surface area contributed by atoms with Crippen LogP contribution in [-0.2, 0) is 4.79 Å². The van der Waals surface area contributed by atoms with Gasteiger partial charge >= 0.3 is 5.97 Å². The number of pyridine rings is 1. The monoisotopic (exact) mass is 258 g/mol. The van der Waals surface area contributed by atoms with Gasteiger partial charge in [0.05, 0.1) is 13.0 Å². The zero-order chi connectivity index (χ0) is 13.5. The first-order chi connectivity index (χ1) is 9.24. The lowest BCUT2D eigenvalue weighted by Gasteiger charge is -2.07. The number of nitrogens with zero attached hydrogens (tertiary/aromatic N) is 1. The van der Waals surface area contributed by atoms with Crippen molar-refractivity contribution in [2.75, 3.05) is 11.9 Å². The molecule has 0 saturated heterocycles. The Labute approximate surface area is 110 Å². The fourth-order valence-corrected chi connectivity index (χ4v) is 1.48. The Morgan fingerprint density at radius 2 is 2.00 bits per heavy atom. The van der Waals surface area contributed by atoms with E-state index in [1.807, 2.05) is 30.3 Å². The molecule has 0 radical (unpaired) electrons. The molecule has 1 heterocycles. The van der Waals surface area contributed by atoms with E-state index in [2.05, 4.69) is 10.3 Å². The second-order valence-electron chi connectivity index (χ2n) is 3.86. The number of carboxylic acids is 1. The molecule has 0 aliphatic heterocycles. The van der Waals surface area contributed by atoms with Gasteiger partial charge in [0, 0.05) is 11.9 Å². The van der Waals surface area contributed by atoms with Crippen molar-refractivity contribution in [1.82, 2.24) is 4.98 Å². The highest BCUT2D eigenvalue weighted by Crippen LogP contribution is 2.18. The van der Waals surface area contributed by atoms with Crippen molar-refractivity contribution in [1.29, 1.82) is 0 Å². The van der Waals surface area contributed by atoms with Crippen LogP contribution in [0, 0.1) is 0 Å². The second-order valence-corrected chi connectivity index (χ2v) is 3.86. The van der Waals surface area contributed by atoms with Gasteiger partial charge in [-0.25, -0.2) is 4.98 Å². The molecular formula is C14H14N2O3. The first-order valence-corrected chi connectivity index (χ1v) is 5.87. The molecule has 0 bridgehead atoms. The number of nitrogens with one attached hydrogen (secondary N) is 1. The molecule has 1 aromatic heterocycles. The molecule has 5 heteroatoms. The van der Waals surface area contributed by atoms with Gasteiger partial charge in [-0.05, 0) is 36.4 Å². The molecule has 0 spiro atoms. The van der Waals surface area contributed by atoms with E-state index in [0.29, 0.717) is 5.75 Å². The number of aliphatic carboxylic acids is 1. The van der Waals surface area contributed by atoms with Crippen LogP contribution in [0.15, 0.2) is 48.7 Å². The fourth-order valence-electron chi connectivity index (χ4n) is 1.48. The number of carboxylic acid groups (broad SMARTS) is 1. The minimum atomic E-state index is -0.867. The van der Waals surface area contributed by atoms with Crippen LogP contribution in [0.3, 0.4) is 0 Å². The number of aromatic nitrogens is 1. The van der Waals surface area contributed by atoms with Gasteiger partial charge in [-0.3, -0.25) is 4.79 Å². The lowest BCUT2D eigenvalue weighted by atomic mass is 10.3. The van der Waals surface area contributed by atoms with Gasteiger partial charge in [-0.2, -0.15) is 0 Å². The van der Waals surface area contributed by atoms with Crippen molar-refractivity contribution < 1.29 is 14.6 Å². The van der Waals surface area contributed by atoms with Crippen molar-refractivity contribution in [3.63, 3.8) is 0 Å². The third-order valence-electron chi connectivity index (χ3n) is 2.38. The summed E-state index contributed by atoms with van der Waals surface area (Å²) in [5, 5.41) is 11.6. The molecule has 2 aromatic rings. The molecular weight excluding hydrogens is 244 g/mol. The van der Waals surface area contributed by atoms with Crippen molar-refractivity contribution in [2.45, 2.75) is 6.42 Å². The highest BCUT2D eigenvalue weighted by atomic mass is 16.5. The fraction of sp³-hybridized carbons (Fsp3) is 0.143. The second kappa shape index (κ2) is 6.39. The summed E-state index contributed by atoms with van der Waals surface area (Å²) in [7, 11) is 0. The molecule has 0 unspecified atom stereocenters. The average molecular weight is 258 g/mol. The van der Waals surface area contributed by atoms with Gasteiger partial charge in [-0.1, -0.05) is 6.07 Å². The molecule has 1 aromatic carbocycles. The van der Waals surface area contributed by atoms with Crippen molar-refractivity contribution in [2.24, 2.45) is 0 Å². The van der Waals surface area contributed by atoms with Gasteiger partial charge in [0.1, 0.15) is 11.6 Å². The maximum atomic E-state index is 10.3. The summed E-state index contributed by atoms with van der Waals surface area (Å²) in [5.41, 5.74) is 0.893. The van der Waals surface area contributed by atoms with Crippen LogP contribution >= 0.6 is 0 Å². The number of hydrogen-bond acceptors (Lipinski definition) is 4. The Morgan fingerprint density at radius 1 is 1.21 bits per heavy atom. The molecule has 0 atom stereocenters. The highest BCUT2D eigenvalue weighted by Gasteiger charge is 1.99. The normalized spacial score (nSPS) is 9.89. The Hall–Kier alpha value is -2.56. The van der Waals surface area contributed by atoms with Crippen molar-refractivity contribution in [3.8, 4) is 5.75 Å². The quantitative estimate of drug-likeness (QED) is 0.833. The van der Waals surface area contributed by atoms with Crippen LogP contribution in [-0.4, -0.2) is 22.7 Å². The van der Waals surface area contributed by atoms with E-state index >= 15 is 0 Å². The number of hydrogen-bond donors (Lipinski definition) is 2. The highest BCUT2D eigenvalue weighted by molar-refractivity contribution is 5.66. The van der Waals surface area contributed by atoms with E-state index in [1.54, 1.807) is 18.3 Å². The molecule has 19 heavy (non-hydrogen) atoms. The summed E-state index contributed by atoms with van der Waals surface area (Å²) in [6.07, 6.45) is 1.71. The molecule has 98 valence electrons.